The van der Waals surface area contributed by atoms with Gasteiger partial charge >= 0.3 is 0 Å². The zero-order valence-corrected chi connectivity index (χ0v) is 18.4. The van der Waals surface area contributed by atoms with Crippen molar-refractivity contribution < 1.29 is 14.3 Å². The highest BCUT2D eigenvalue weighted by Gasteiger charge is 2.50. The number of carbonyl (C=O) groups excluding carboxylic acids is 1. The second kappa shape index (κ2) is 7.56. The highest BCUT2D eigenvalue weighted by molar-refractivity contribution is 5.95. The van der Waals surface area contributed by atoms with E-state index in [-0.39, 0.29) is 12.2 Å². The molecule has 3 aromatic carbocycles. The molecule has 158 valence electrons. The summed E-state index contributed by atoms with van der Waals surface area (Å²) in [4.78, 5) is 13.5. The maximum absolute atomic E-state index is 13.5. The van der Waals surface area contributed by atoms with Crippen LogP contribution in [-0.2, 0) is 16.6 Å². The maximum Gasteiger partial charge on any atom is 0.231 e. The first-order valence-corrected chi connectivity index (χ1v) is 11.1. The average Bonchev–Trinajstić information content (AvgIpc) is 3.46. The van der Waals surface area contributed by atoms with Gasteiger partial charge in [0.15, 0.2) is 11.5 Å². The van der Waals surface area contributed by atoms with Gasteiger partial charge in [0.05, 0.1) is 5.41 Å². The number of aryl methyl sites for hydroxylation is 1. The largest absolute Gasteiger partial charge is 0.454 e. The second-order valence-corrected chi connectivity index (χ2v) is 9.13. The summed E-state index contributed by atoms with van der Waals surface area (Å²) in [5, 5.41) is 0. The Morgan fingerprint density at radius 2 is 1.74 bits per heavy atom. The van der Waals surface area contributed by atoms with Crippen LogP contribution in [0.2, 0.25) is 0 Å². The molecule has 31 heavy (non-hydrogen) atoms. The molecule has 2 aliphatic rings. The van der Waals surface area contributed by atoms with E-state index < -0.39 is 0 Å². The Balaban J connectivity index is 1.44. The normalized spacial score (nSPS) is 15.9. The van der Waals surface area contributed by atoms with Crippen molar-refractivity contribution in [2.45, 2.75) is 51.4 Å². The van der Waals surface area contributed by atoms with Crippen LogP contribution in [0.3, 0.4) is 0 Å². The summed E-state index contributed by atoms with van der Waals surface area (Å²) in [5.74, 6) is 2.26. The highest BCUT2D eigenvalue weighted by Crippen LogP contribution is 2.51. The standard InChI is InChI=1S/C28H28O3/c1-18(2)23-6-4-5-7-24(23)20-9-8-19(3)21(14-20)15-27(29)28(12-13-28)22-10-11-25-26(16-22)31-17-30-25/h4-11,14,16,18H,12-13,15,17H2,1-3H3. The fourth-order valence-corrected chi connectivity index (χ4v) is 4.68. The first-order valence-electron chi connectivity index (χ1n) is 11.1. The fourth-order valence-electron chi connectivity index (χ4n) is 4.68. The number of hydrogen-bond donors (Lipinski definition) is 0. The number of benzene rings is 3. The zero-order valence-electron chi connectivity index (χ0n) is 18.4. The summed E-state index contributed by atoms with van der Waals surface area (Å²) in [5.41, 5.74) is 6.74. The van der Waals surface area contributed by atoms with Crippen molar-refractivity contribution in [2.24, 2.45) is 0 Å². The van der Waals surface area contributed by atoms with Gasteiger partial charge in [0.1, 0.15) is 5.78 Å². The molecule has 0 radical (unpaired) electrons. The minimum absolute atomic E-state index is 0.254. The van der Waals surface area contributed by atoms with Crippen LogP contribution < -0.4 is 9.47 Å². The Labute approximate surface area is 184 Å². The van der Waals surface area contributed by atoms with Gasteiger partial charge in [-0.05, 0) is 71.2 Å². The molecule has 1 aliphatic heterocycles. The van der Waals surface area contributed by atoms with Gasteiger partial charge in [0.25, 0.3) is 0 Å². The molecule has 0 spiro atoms. The van der Waals surface area contributed by atoms with Crippen LogP contribution in [0.5, 0.6) is 11.5 Å². The molecule has 1 saturated carbocycles. The van der Waals surface area contributed by atoms with Crippen LogP contribution in [0.15, 0.2) is 60.7 Å². The number of carbonyl (C=O) groups is 1. The first kappa shape index (κ1) is 19.9. The minimum atomic E-state index is -0.376. The molecular formula is C28H28O3. The number of ketones is 1. The van der Waals surface area contributed by atoms with Crippen molar-refractivity contribution in [2.75, 3.05) is 6.79 Å². The molecule has 3 heteroatoms. The van der Waals surface area contributed by atoms with Gasteiger partial charge in [0.2, 0.25) is 6.79 Å². The maximum atomic E-state index is 13.5. The zero-order chi connectivity index (χ0) is 21.6. The van der Waals surface area contributed by atoms with Crippen molar-refractivity contribution in [3.8, 4) is 22.6 Å². The van der Waals surface area contributed by atoms with Gasteiger partial charge < -0.3 is 9.47 Å². The van der Waals surface area contributed by atoms with Crippen LogP contribution >= 0.6 is 0 Å². The molecule has 0 aromatic heterocycles. The summed E-state index contributed by atoms with van der Waals surface area (Å²) < 4.78 is 11.0. The molecule has 0 N–H and O–H groups in total. The van der Waals surface area contributed by atoms with E-state index in [0.29, 0.717) is 18.1 Å². The van der Waals surface area contributed by atoms with E-state index in [1.54, 1.807) is 0 Å². The molecule has 0 saturated heterocycles. The third-order valence-corrected chi connectivity index (χ3v) is 6.80. The molecule has 0 unspecified atom stereocenters. The van der Waals surface area contributed by atoms with Gasteiger partial charge in [-0.2, -0.15) is 0 Å². The highest BCUT2D eigenvalue weighted by atomic mass is 16.7. The average molecular weight is 413 g/mol. The molecule has 3 nitrogen and oxygen atoms in total. The Hall–Kier alpha value is -3.07. The number of rotatable bonds is 6. The summed E-state index contributed by atoms with van der Waals surface area (Å²) in [6.07, 6.45) is 2.26. The van der Waals surface area contributed by atoms with Gasteiger partial charge in [-0.25, -0.2) is 0 Å². The van der Waals surface area contributed by atoms with E-state index in [0.717, 1.165) is 35.5 Å². The molecule has 1 aliphatic carbocycles. The Morgan fingerprint density at radius 3 is 2.52 bits per heavy atom. The van der Waals surface area contributed by atoms with Gasteiger partial charge in [-0.3, -0.25) is 4.79 Å². The molecule has 0 amide bonds. The lowest BCUT2D eigenvalue weighted by atomic mass is 9.85. The molecule has 1 heterocycles. The Bertz CT molecular complexity index is 1150. The summed E-state index contributed by atoms with van der Waals surface area (Å²) in [6, 6.07) is 21.1. The molecule has 0 bridgehead atoms. The SMILES string of the molecule is Cc1ccc(-c2ccccc2C(C)C)cc1CC(=O)C1(c2ccc3c(c2)OCO3)CC1. The number of fused-ring (bicyclic) bond motifs is 1. The van der Waals surface area contributed by atoms with Crippen LogP contribution in [0.1, 0.15) is 54.9 Å². The second-order valence-electron chi connectivity index (χ2n) is 9.13. The van der Waals surface area contributed by atoms with E-state index in [9.17, 15) is 4.79 Å². The Kier molecular flexibility index (Phi) is 4.85. The molecule has 3 aromatic rings. The molecular weight excluding hydrogens is 384 g/mol. The lowest BCUT2D eigenvalue weighted by Crippen LogP contribution is -2.22. The van der Waals surface area contributed by atoms with Crippen LogP contribution in [0.4, 0.5) is 0 Å². The van der Waals surface area contributed by atoms with Gasteiger partial charge in [-0.1, -0.05) is 62.4 Å². The van der Waals surface area contributed by atoms with Gasteiger partial charge in [0, 0.05) is 6.42 Å². The number of hydrogen-bond acceptors (Lipinski definition) is 3. The molecule has 5 rings (SSSR count). The van der Waals surface area contributed by atoms with Gasteiger partial charge in [-0.15, -0.1) is 0 Å². The van der Waals surface area contributed by atoms with Crippen LogP contribution in [0.25, 0.3) is 11.1 Å². The van der Waals surface area contributed by atoms with E-state index >= 15 is 0 Å². The Morgan fingerprint density at radius 1 is 0.968 bits per heavy atom. The first-order chi connectivity index (χ1) is 15.0. The van der Waals surface area contributed by atoms with Crippen LogP contribution in [0, 0.1) is 6.92 Å². The molecule has 0 atom stereocenters. The van der Waals surface area contributed by atoms with Crippen molar-refractivity contribution in [3.05, 3.63) is 82.9 Å². The summed E-state index contributed by atoms with van der Waals surface area (Å²) in [7, 11) is 0. The predicted molar refractivity (Wildman–Crippen MR) is 123 cm³/mol. The fraction of sp³-hybridized carbons (Fsp3) is 0.321. The lowest BCUT2D eigenvalue weighted by molar-refractivity contribution is -0.120. The molecule has 1 fully saturated rings. The van der Waals surface area contributed by atoms with Crippen molar-refractivity contribution >= 4 is 5.78 Å². The summed E-state index contributed by atoms with van der Waals surface area (Å²) in [6.45, 7) is 6.80. The van der Waals surface area contributed by atoms with E-state index in [4.69, 9.17) is 9.47 Å². The quantitative estimate of drug-likeness (QED) is 0.473. The predicted octanol–water partition coefficient (Wildman–Crippen LogP) is 6.36. The van der Waals surface area contributed by atoms with Crippen molar-refractivity contribution in [1.82, 2.24) is 0 Å². The summed E-state index contributed by atoms with van der Waals surface area (Å²) >= 11 is 0. The van der Waals surface area contributed by atoms with E-state index in [2.05, 4.69) is 63.2 Å². The lowest BCUT2D eigenvalue weighted by Gasteiger charge is -2.18. The van der Waals surface area contributed by atoms with E-state index in [1.165, 1.54) is 22.3 Å². The van der Waals surface area contributed by atoms with E-state index in [1.807, 2.05) is 18.2 Å². The number of Topliss-reactive ketones (excluding diaryl/α,β-unsaturated/α-hetero) is 1. The van der Waals surface area contributed by atoms with Crippen molar-refractivity contribution in [3.63, 3.8) is 0 Å². The van der Waals surface area contributed by atoms with Crippen molar-refractivity contribution in [1.29, 1.82) is 0 Å². The smallest absolute Gasteiger partial charge is 0.231 e. The third kappa shape index (κ3) is 3.52. The monoisotopic (exact) mass is 412 g/mol. The van der Waals surface area contributed by atoms with Crippen LogP contribution in [-0.4, -0.2) is 12.6 Å². The number of ether oxygens (including phenoxy) is 2. The topological polar surface area (TPSA) is 35.5 Å². The minimum Gasteiger partial charge on any atom is -0.454 e. The third-order valence-electron chi connectivity index (χ3n) is 6.80.